The maximum absolute atomic E-state index is 5.63. The van der Waals surface area contributed by atoms with Crippen LogP contribution in [0.1, 0.15) is 46.6 Å². The Morgan fingerprint density at radius 2 is 1.67 bits per heavy atom. The van der Waals surface area contributed by atoms with Crippen LogP contribution in [-0.4, -0.2) is 19.3 Å². The first-order valence-electron chi connectivity index (χ1n) is 6.80. The van der Waals surface area contributed by atoms with Crippen LogP contribution in [0.3, 0.4) is 0 Å². The van der Waals surface area contributed by atoms with Gasteiger partial charge in [0.2, 0.25) is 0 Å². The van der Waals surface area contributed by atoms with Crippen LogP contribution >= 0.6 is 0 Å². The molecule has 0 aliphatic heterocycles. The smallest absolute Gasteiger partial charge is 0.119 e. The summed E-state index contributed by atoms with van der Waals surface area (Å²) >= 11 is 0. The summed E-state index contributed by atoms with van der Waals surface area (Å²) in [7, 11) is 0. The lowest BCUT2D eigenvalue weighted by Gasteiger charge is -2.23. The maximum atomic E-state index is 5.63. The van der Waals surface area contributed by atoms with Crippen LogP contribution in [0.2, 0.25) is 0 Å². The average molecular weight is 250 g/mol. The molecule has 0 aliphatic carbocycles. The Morgan fingerprint density at radius 1 is 1.06 bits per heavy atom. The highest BCUT2D eigenvalue weighted by molar-refractivity contribution is 5.31. The molecule has 0 amide bonds. The molecular weight excluding hydrogens is 224 g/mol. The zero-order chi connectivity index (χ0) is 13.6. The maximum Gasteiger partial charge on any atom is 0.119 e. The van der Waals surface area contributed by atoms with Gasteiger partial charge in [0.05, 0.1) is 12.7 Å². The highest BCUT2D eigenvalue weighted by atomic mass is 16.5. The van der Waals surface area contributed by atoms with E-state index in [1.807, 2.05) is 26.0 Å². The van der Waals surface area contributed by atoms with Crippen LogP contribution in [-0.2, 0) is 10.2 Å². The van der Waals surface area contributed by atoms with Crippen LogP contribution < -0.4 is 4.74 Å². The van der Waals surface area contributed by atoms with E-state index in [2.05, 4.69) is 32.9 Å². The zero-order valence-electron chi connectivity index (χ0n) is 12.3. The number of rotatable bonds is 7. The quantitative estimate of drug-likeness (QED) is 0.676. The molecule has 0 aromatic heterocycles. The molecule has 0 unspecified atom stereocenters. The molecule has 0 spiro atoms. The summed E-state index contributed by atoms with van der Waals surface area (Å²) in [6.07, 6.45) is 1.40. The molecule has 1 rings (SSSR count). The van der Waals surface area contributed by atoms with Gasteiger partial charge < -0.3 is 9.47 Å². The summed E-state index contributed by atoms with van der Waals surface area (Å²) in [6, 6.07) is 8.40. The first kappa shape index (κ1) is 15.0. The Balaban J connectivity index is 2.46. The van der Waals surface area contributed by atoms with Gasteiger partial charge in [-0.1, -0.05) is 32.9 Å². The average Bonchev–Trinajstić information content (AvgIpc) is 2.35. The molecule has 2 nitrogen and oxygen atoms in total. The molecule has 0 bridgehead atoms. The first-order valence-corrected chi connectivity index (χ1v) is 6.80. The fraction of sp³-hybridized carbons (Fsp3) is 0.625. The van der Waals surface area contributed by atoms with Gasteiger partial charge in [-0.05, 0) is 43.4 Å². The molecule has 0 atom stereocenters. The summed E-state index contributed by atoms with van der Waals surface area (Å²) in [5.74, 6) is 0.915. The van der Waals surface area contributed by atoms with Gasteiger partial charge >= 0.3 is 0 Å². The van der Waals surface area contributed by atoms with Gasteiger partial charge in [-0.15, -0.1) is 0 Å². The van der Waals surface area contributed by atoms with Crippen molar-refractivity contribution in [2.45, 2.75) is 52.6 Å². The number of hydrogen-bond donors (Lipinski definition) is 0. The van der Waals surface area contributed by atoms with Crippen molar-refractivity contribution in [3.05, 3.63) is 29.8 Å². The molecule has 0 heterocycles. The highest BCUT2D eigenvalue weighted by Gasteiger charge is 2.17. The first-order chi connectivity index (χ1) is 8.45. The standard InChI is InChI=1S/C16H26O2/c1-6-16(4,5)14-7-9-15(10-8-14)18-12-11-17-13(2)3/h7-10,13H,6,11-12H2,1-5H3. The van der Waals surface area contributed by atoms with E-state index >= 15 is 0 Å². The summed E-state index contributed by atoms with van der Waals surface area (Å²) in [4.78, 5) is 0. The van der Waals surface area contributed by atoms with Crippen molar-refractivity contribution in [2.75, 3.05) is 13.2 Å². The fourth-order valence-corrected chi connectivity index (χ4v) is 1.65. The van der Waals surface area contributed by atoms with E-state index in [4.69, 9.17) is 9.47 Å². The third-order valence-corrected chi connectivity index (χ3v) is 3.32. The third kappa shape index (κ3) is 4.69. The van der Waals surface area contributed by atoms with Crippen LogP contribution in [0.4, 0.5) is 0 Å². The van der Waals surface area contributed by atoms with Gasteiger partial charge in [0.25, 0.3) is 0 Å². The Labute approximate surface area is 111 Å². The molecule has 18 heavy (non-hydrogen) atoms. The Hall–Kier alpha value is -1.02. The Morgan fingerprint density at radius 3 is 2.17 bits per heavy atom. The minimum absolute atomic E-state index is 0.235. The van der Waals surface area contributed by atoms with Crippen molar-refractivity contribution in [3.63, 3.8) is 0 Å². The number of ether oxygens (including phenoxy) is 2. The predicted molar refractivity (Wildman–Crippen MR) is 76.3 cm³/mol. The van der Waals surface area contributed by atoms with E-state index in [0.29, 0.717) is 13.2 Å². The van der Waals surface area contributed by atoms with E-state index in [0.717, 1.165) is 12.2 Å². The molecule has 0 saturated heterocycles. The second kappa shape index (κ2) is 6.79. The van der Waals surface area contributed by atoms with Crippen molar-refractivity contribution < 1.29 is 9.47 Å². The lowest BCUT2D eigenvalue weighted by atomic mass is 9.82. The second-order valence-corrected chi connectivity index (χ2v) is 5.53. The molecule has 0 fully saturated rings. The van der Waals surface area contributed by atoms with E-state index in [1.54, 1.807) is 0 Å². The van der Waals surface area contributed by atoms with Gasteiger partial charge in [0.15, 0.2) is 0 Å². The largest absolute Gasteiger partial charge is 0.491 e. The minimum atomic E-state index is 0.235. The number of hydrogen-bond acceptors (Lipinski definition) is 2. The fourth-order valence-electron chi connectivity index (χ4n) is 1.65. The predicted octanol–water partition coefficient (Wildman–Crippen LogP) is 4.18. The van der Waals surface area contributed by atoms with Gasteiger partial charge in [0.1, 0.15) is 12.4 Å². The van der Waals surface area contributed by atoms with Crippen LogP contribution in [0, 0.1) is 0 Å². The normalized spacial score (nSPS) is 11.9. The molecule has 102 valence electrons. The summed E-state index contributed by atoms with van der Waals surface area (Å²) < 4.78 is 11.1. The second-order valence-electron chi connectivity index (χ2n) is 5.53. The molecule has 0 aliphatic rings. The van der Waals surface area contributed by atoms with Gasteiger partial charge in [0, 0.05) is 0 Å². The lowest BCUT2D eigenvalue weighted by molar-refractivity contribution is 0.0552. The molecule has 1 aromatic rings. The van der Waals surface area contributed by atoms with Crippen molar-refractivity contribution in [2.24, 2.45) is 0 Å². The van der Waals surface area contributed by atoms with Crippen molar-refractivity contribution in [1.29, 1.82) is 0 Å². The van der Waals surface area contributed by atoms with Gasteiger partial charge in [-0.25, -0.2) is 0 Å². The summed E-state index contributed by atoms with van der Waals surface area (Å²) in [5, 5.41) is 0. The minimum Gasteiger partial charge on any atom is -0.491 e. The lowest BCUT2D eigenvalue weighted by Crippen LogP contribution is -2.15. The van der Waals surface area contributed by atoms with E-state index < -0.39 is 0 Å². The molecule has 0 N–H and O–H groups in total. The molecular formula is C16H26O2. The van der Waals surface area contributed by atoms with Crippen molar-refractivity contribution in [1.82, 2.24) is 0 Å². The van der Waals surface area contributed by atoms with Gasteiger partial charge in [-0.3, -0.25) is 0 Å². The zero-order valence-corrected chi connectivity index (χ0v) is 12.3. The Bertz CT molecular complexity index is 339. The van der Waals surface area contributed by atoms with Gasteiger partial charge in [-0.2, -0.15) is 0 Å². The SMILES string of the molecule is CCC(C)(C)c1ccc(OCCOC(C)C)cc1. The Kier molecular flexibility index (Phi) is 5.67. The van der Waals surface area contributed by atoms with Crippen LogP contribution in [0.15, 0.2) is 24.3 Å². The van der Waals surface area contributed by atoms with Crippen molar-refractivity contribution in [3.8, 4) is 5.75 Å². The molecule has 0 radical (unpaired) electrons. The van der Waals surface area contributed by atoms with E-state index in [-0.39, 0.29) is 11.5 Å². The highest BCUT2D eigenvalue weighted by Crippen LogP contribution is 2.27. The molecule has 0 saturated carbocycles. The number of benzene rings is 1. The summed E-state index contributed by atoms with van der Waals surface area (Å²) in [5.41, 5.74) is 1.59. The van der Waals surface area contributed by atoms with Crippen LogP contribution in [0.25, 0.3) is 0 Å². The summed E-state index contributed by atoms with van der Waals surface area (Å²) in [6.45, 7) is 12.0. The monoisotopic (exact) mass is 250 g/mol. The third-order valence-electron chi connectivity index (χ3n) is 3.32. The molecule has 1 aromatic carbocycles. The molecule has 2 heteroatoms. The van der Waals surface area contributed by atoms with E-state index in [1.165, 1.54) is 5.56 Å². The van der Waals surface area contributed by atoms with E-state index in [9.17, 15) is 0 Å². The topological polar surface area (TPSA) is 18.5 Å². The van der Waals surface area contributed by atoms with Crippen molar-refractivity contribution >= 4 is 0 Å². The van der Waals surface area contributed by atoms with Crippen LogP contribution in [0.5, 0.6) is 5.75 Å².